The summed E-state index contributed by atoms with van der Waals surface area (Å²) in [5, 5.41) is 14.1. The van der Waals surface area contributed by atoms with Gasteiger partial charge in [-0.25, -0.2) is 0 Å². The smallest absolute Gasteiger partial charge is 0.225 e. The minimum atomic E-state index is -0.0302. The molecule has 0 bridgehead atoms. The summed E-state index contributed by atoms with van der Waals surface area (Å²) in [5.41, 5.74) is 0.928. The summed E-state index contributed by atoms with van der Waals surface area (Å²) in [6, 6.07) is 11.6. The number of methoxy groups -OCH3 is 1. The van der Waals surface area contributed by atoms with Gasteiger partial charge in [0.05, 0.1) is 20.1 Å². The van der Waals surface area contributed by atoms with Gasteiger partial charge >= 0.3 is 0 Å². The maximum absolute atomic E-state index is 12.1. The number of ether oxygens (including phenoxy) is 1. The summed E-state index contributed by atoms with van der Waals surface area (Å²) in [7, 11) is 1.63. The van der Waals surface area contributed by atoms with Gasteiger partial charge < -0.3 is 10.1 Å². The molecule has 0 unspecified atom stereocenters. The average molecular weight is 374 g/mol. The Hall–Kier alpha value is -2.32. The third-order valence-corrected chi connectivity index (χ3v) is 5.08. The lowest BCUT2D eigenvalue weighted by molar-refractivity contribution is -0.120. The van der Waals surface area contributed by atoms with Crippen LogP contribution in [0.5, 0.6) is 5.75 Å². The van der Waals surface area contributed by atoms with Gasteiger partial charge in [0.25, 0.3) is 0 Å². The fourth-order valence-electron chi connectivity index (χ4n) is 2.35. The first-order valence-corrected chi connectivity index (χ1v) is 9.73. The van der Waals surface area contributed by atoms with Gasteiger partial charge in [-0.2, -0.15) is 0 Å². The molecule has 0 saturated heterocycles. The molecular formula is C17H18N4O2S2. The Labute approximate surface area is 154 Å². The summed E-state index contributed by atoms with van der Waals surface area (Å²) in [6.07, 6.45) is 2.33. The number of rotatable bonds is 7. The second-order valence-corrected chi connectivity index (χ2v) is 6.97. The molecule has 0 aliphatic rings. The van der Waals surface area contributed by atoms with Crippen molar-refractivity contribution in [3.63, 3.8) is 0 Å². The number of nitrogens with zero attached hydrogens (tertiary/aromatic N) is 3. The topological polar surface area (TPSA) is 69.0 Å². The van der Waals surface area contributed by atoms with E-state index in [0.717, 1.165) is 21.5 Å². The molecule has 0 radical (unpaired) electrons. The van der Waals surface area contributed by atoms with Gasteiger partial charge in [-0.1, -0.05) is 17.8 Å². The second-order valence-electron chi connectivity index (χ2n) is 5.17. The number of nitrogens with one attached hydrogen (secondary N) is 1. The first-order chi connectivity index (χ1) is 12.2. The van der Waals surface area contributed by atoms with Crippen LogP contribution in [0.4, 0.5) is 0 Å². The highest BCUT2D eigenvalue weighted by molar-refractivity contribution is 7.98. The van der Waals surface area contributed by atoms with Gasteiger partial charge in [-0.05, 0) is 42.0 Å². The van der Waals surface area contributed by atoms with Crippen LogP contribution in [0.1, 0.15) is 10.7 Å². The van der Waals surface area contributed by atoms with Crippen molar-refractivity contribution >= 4 is 29.0 Å². The molecule has 2 heterocycles. The molecule has 1 aromatic carbocycles. The Morgan fingerprint density at radius 3 is 2.72 bits per heavy atom. The van der Waals surface area contributed by atoms with Crippen molar-refractivity contribution in [2.75, 3.05) is 13.4 Å². The van der Waals surface area contributed by atoms with Gasteiger partial charge in [-0.3, -0.25) is 9.36 Å². The molecule has 2 aromatic heterocycles. The summed E-state index contributed by atoms with van der Waals surface area (Å²) in [6.45, 7) is 0.323. The van der Waals surface area contributed by atoms with Crippen molar-refractivity contribution in [1.29, 1.82) is 0 Å². The first-order valence-electron chi connectivity index (χ1n) is 7.63. The number of aromatic nitrogens is 3. The fourth-order valence-corrected chi connectivity index (χ4v) is 3.57. The number of thioether (sulfide) groups is 1. The van der Waals surface area contributed by atoms with E-state index in [2.05, 4.69) is 15.5 Å². The number of amides is 1. The van der Waals surface area contributed by atoms with E-state index in [1.807, 2.05) is 52.6 Å². The van der Waals surface area contributed by atoms with Crippen molar-refractivity contribution < 1.29 is 9.53 Å². The van der Waals surface area contributed by atoms with Crippen LogP contribution >= 0.6 is 23.1 Å². The second kappa shape index (κ2) is 8.17. The number of benzene rings is 1. The minimum absolute atomic E-state index is 0.0302. The van der Waals surface area contributed by atoms with E-state index in [1.54, 1.807) is 18.4 Å². The van der Waals surface area contributed by atoms with E-state index in [0.29, 0.717) is 18.8 Å². The van der Waals surface area contributed by atoms with Gasteiger partial charge in [0.15, 0.2) is 11.0 Å². The largest absolute Gasteiger partial charge is 0.497 e. The predicted molar refractivity (Wildman–Crippen MR) is 99.6 cm³/mol. The molecule has 8 heteroatoms. The van der Waals surface area contributed by atoms with E-state index in [-0.39, 0.29) is 5.91 Å². The van der Waals surface area contributed by atoms with Crippen molar-refractivity contribution in [2.24, 2.45) is 0 Å². The minimum Gasteiger partial charge on any atom is -0.497 e. The standard InChI is InChI=1S/C17H18N4O2S2/c1-23-13-7-5-12(6-8-13)21-15(19-20-17(21)24-2)11-18-16(22)10-14-4-3-9-25-14/h3-9H,10-11H2,1-2H3,(H,18,22). The van der Waals surface area contributed by atoms with Crippen molar-refractivity contribution in [1.82, 2.24) is 20.1 Å². The maximum atomic E-state index is 12.1. The van der Waals surface area contributed by atoms with Gasteiger partial charge in [0, 0.05) is 10.6 Å². The van der Waals surface area contributed by atoms with Gasteiger partial charge in [0.1, 0.15) is 5.75 Å². The highest BCUT2D eigenvalue weighted by atomic mass is 32.2. The highest BCUT2D eigenvalue weighted by Crippen LogP contribution is 2.22. The van der Waals surface area contributed by atoms with Gasteiger partial charge in [0.2, 0.25) is 5.91 Å². The molecule has 6 nitrogen and oxygen atoms in total. The fraction of sp³-hybridized carbons (Fsp3) is 0.235. The third kappa shape index (κ3) is 4.21. The van der Waals surface area contributed by atoms with Gasteiger partial charge in [-0.15, -0.1) is 21.5 Å². The van der Waals surface area contributed by atoms with Crippen LogP contribution in [0.3, 0.4) is 0 Å². The normalized spacial score (nSPS) is 10.6. The van der Waals surface area contributed by atoms with E-state index in [9.17, 15) is 4.79 Å². The van der Waals surface area contributed by atoms with E-state index in [1.165, 1.54) is 11.8 Å². The quantitative estimate of drug-likeness (QED) is 0.644. The number of hydrogen-bond donors (Lipinski definition) is 1. The van der Waals surface area contributed by atoms with Crippen LogP contribution in [-0.2, 0) is 17.8 Å². The van der Waals surface area contributed by atoms with Crippen LogP contribution in [0, 0.1) is 0 Å². The molecule has 0 atom stereocenters. The SMILES string of the molecule is COc1ccc(-n2c(CNC(=O)Cc3cccs3)nnc2SC)cc1. The van der Waals surface area contributed by atoms with Crippen LogP contribution < -0.4 is 10.1 Å². The van der Waals surface area contributed by atoms with Crippen LogP contribution in [0.2, 0.25) is 0 Å². The van der Waals surface area contributed by atoms with E-state index in [4.69, 9.17) is 4.74 Å². The lowest BCUT2D eigenvalue weighted by atomic mass is 10.3. The Balaban J connectivity index is 1.75. The van der Waals surface area contributed by atoms with Crippen molar-refractivity contribution in [3.05, 3.63) is 52.5 Å². The number of thiophene rings is 1. The molecular weight excluding hydrogens is 356 g/mol. The predicted octanol–water partition coefficient (Wildman–Crippen LogP) is 2.92. The molecule has 1 N–H and O–H groups in total. The number of carbonyl (C=O) groups excluding carboxylic acids is 1. The third-order valence-electron chi connectivity index (χ3n) is 3.57. The zero-order valence-electron chi connectivity index (χ0n) is 13.9. The maximum Gasteiger partial charge on any atom is 0.225 e. The van der Waals surface area contributed by atoms with E-state index >= 15 is 0 Å². The Bertz CT molecular complexity index is 829. The Morgan fingerprint density at radius 2 is 2.08 bits per heavy atom. The van der Waals surface area contributed by atoms with Crippen molar-refractivity contribution in [2.45, 2.75) is 18.1 Å². The molecule has 3 rings (SSSR count). The summed E-state index contributed by atoms with van der Waals surface area (Å²) in [4.78, 5) is 13.1. The lowest BCUT2D eigenvalue weighted by Gasteiger charge is -2.10. The van der Waals surface area contributed by atoms with Crippen molar-refractivity contribution in [3.8, 4) is 11.4 Å². The molecule has 1 amide bonds. The molecule has 0 spiro atoms. The molecule has 25 heavy (non-hydrogen) atoms. The summed E-state index contributed by atoms with van der Waals surface area (Å²) >= 11 is 3.08. The zero-order chi connectivity index (χ0) is 17.6. The summed E-state index contributed by atoms with van der Waals surface area (Å²) < 4.78 is 7.14. The molecule has 0 fully saturated rings. The average Bonchev–Trinajstić information content (AvgIpc) is 3.29. The molecule has 130 valence electrons. The van der Waals surface area contributed by atoms with E-state index < -0.39 is 0 Å². The molecule has 0 saturated carbocycles. The number of hydrogen-bond acceptors (Lipinski definition) is 6. The summed E-state index contributed by atoms with van der Waals surface area (Å²) in [5.74, 6) is 1.44. The lowest BCUT2D eigenvalue weighted by Crippen LogP contribution is -2.25. The molecule has 0 aliphatic carbocycles. The highest BCUT2D eigenvalue weighted by Gasteiger charge is 2.14. The monoisotopic (exact) mass is 374 g/mol. The number of carbonyl (C=O) groups is 1. The van der Waals surface area contributed by atoms with Crippen LogP contribution in [0.25, 0.3) is 5.69 Å². The van der Waals surface area contributed by atoms with Crippen LogP contribution in [-0.4, -0.2) is 34.0 Å². The Kier molecular flexibility index (Phi) is 5.72. The Morgan fingerprint density at radius 1 is 1.28 bits per heavy atom. The zero-order valence-corrected chi connectivity index (χ0v) is 15.6. The first kappa shape index (κ1) is 17.5. The van der Waals surface area contributed by atoms with Crippen LogP contribution in [0.15, 0.2) is 46.9 Å². The molecule has 0 aliphatic heterocycles. The molecule has 3 aromatic rings.